The maximum atomic E-state index is 10.3. The molecule has 0 aliphatic carbocycles. The lowest BCUT2D eigenvalue weighted by molar-refractivity contribution is -0.109. The van der Waals surface area contributed by atoms with Gasteiger partial charge in [-0.25, -0.2) is 0 Å². The quantitative estimate of drug-likeness (QED) is 0.541. The topological polar surface area (TPSA) is 49.3 Å². The number of carbonyl (C=O) groups excluding carboxylic acids is 1. The summed E-state index contributed by atoms with van der Waals surface area (Å²) in [6.07, 6.45) is 1.78. The zero-order chi connectivity index (χ0) is 7.40. The number of aliphatic hydroxyl groups excluding tert-OH is 1. The summed E-state index contributed by atoms with van der Waals surface area (Å²) in [4.78, 5) is 10.3. The first-order chi connectivity index (χ1) is 4.86. The molecule has 0 aromatic heterocycles. The predicted molar refractivity (Wildman–Crippen MR) is 40.9 cm³/mol. The van der Waals surface area contributed by atoms with Crippen molar-refractivity contribution in [3.8, 4) is 0 Å². The maximum absolute atomic E-state index is 10.3. The summed E-state index contributed by atoms with van der Waals surface area (Å²) >= 11 is 1.66. The van der Waals surface area contributed by atoms with Gasteiger partial charge in [0.2, 0.25) is 0 Å². The van der Waals surface area contributed by atoms with Gasteiger partial charge < -0.3 is 9.90 Å². The molecule has 0 saturated carbocycles. The second-order valence-corrected chi connectivity index (χ2v) is 3.55. The minimum absolute atomic E-state index is 0.0431. The molecule has 0 aromatic carbocycles. The molecule has 1 rings (SSSR count). The average Bonchev–Trinajstić information content (AvgIpc) is 2.05. The molecule has 4 heteroatoms. The first-order valence-electron chi connectivity index (χ1n) is 3.30. The summed E-state index contributed by atoms with van der Waals surface area (Å²) < 4.78 is 0. The van der Waals surface area contributed by atoms with Crippen LogP contribution in [0.25, 0.3) is 0 Å². The molecule has 3 nitrogen and oxygen atoms in total. The standard InChI is InChI=1S/C6H11NO2S/c8-3-5-1-2-10-6(4-9)7-5/h3,5-7,9H,1-2,4H2. The van der Waals surface area contributed by atoms with Gasteiger partial charge in [0.15, 0.2) is 0 Å². The van der Waals surface area contributed by atoms with Crippen LogP contribution in [-0.4, -0.2) is 35.2 Å². The van der Waals surface area contributed by atoms with Crippen LogP contribution in [0.3, 0.4) is 0 Å². The van der Waals surface area contributed by atoms with Crippen molar-refractivity contribution in [1.82, 2.24) is 5.32 Å². The maximum Gasteiger partial charge on any atom is 0.136 e. The van der Waals surface area contributed by atoms with Gasteiger partial charge in [-0.2, -0.15) is 0 Å². The molecule has 0 bridgehead atoms. The van der Waals surface area contributed by atoms with Crippen LogP contribution in [0, 0.1) is 0 Å². The van der Waals surface area contributed by atoms with Gasteiger partial charge in [-0.05, 0) is 12.2 Å². The molecule has 1 heterocycles. The van der Waals surface area contributed by atoms with Crippen LogP contribution < -0.4 is 5.32 Å². The summed E-state index contributed by atoms with van der Waals surface area (Å²) in [5.74, 6) is 0.960. The first-order valence-corrected chi connectivity index (χ1v) is 4.35. The fourth-order valence-corrected chi connectivity index (χ4v) is 1.97. The molecule has 2 N–H and O–H groups in total. The molecule has 1 aliphatic heterocycles. The predicted octanol–water partition coefficient (Wildman–Crippen LogP) is -0.401. The molecule has 0 amide bonds. The highest BCUT2D eigenvalue weighted by atomic mass is 32.2. The highest BCUT2D eigenvalue weighted by Gasteiger charge is 2.19. The molecule has 0 radical (unpaired) electrons. The average molecular weight is 161 g/mol. The van der Waals surface area contributed by atoms with Crippen molar-refractivity contribution in [2.75, 3.05) is 12.4 Å². The Morgan fingerprint density at radius 1 is 1.80 bits per heavy atom. The number of hydrogen-bond acceptors (Lipinski definition) is 4. The van der Waals surface area contributed by atoms with Gasteiger partial charge >= 0.3 is 0 Å². The van der Waals surface area contributed by atoms with E-state index in [0.717, 1.165) is 18.5 Å². The summed E-state index contributed by atoms with van der Waals surface area (Å²) in [6, 6.07) is -0.0431. The van der Waals surface area contributed by atoms with E-state index in [1.165, 1.54) is 0 Å². The van der Waals surface area contributed by atoms with Crippen molar-refractivity contribution >= 4 is 18.0 Å². The Labute approximate surface area is 64.2 Å². The SMILES string of the molecule is O=CC1CCSC(CO)N1. The highest BCUT2D eigenvalue weighted by Crippen LogP contribution is 2.16. The van der Waals surface area contributed by atoms with E-state index >= 15 is 0 Å². The molecule has 2 unspecified atom stereocenters. The van der Waals surface area contributed by atoms with E-state index in [4.69, 9.17) is 5.11 Å². The fraction of sp³-hybridized carbons (Fsp3) is 0.833. The van der Waals surface area contributed by atoms with Crippen LogP contribution in [0.5, 0.6) is 0 Å². The Morgan fingerprint density at radius 2 is 2.60 bits per heavy atom. The molecule has 1 aliphatic rings. The van der Waals surface area contributed by atoms with Crippen LogP contribution in [-0.2, 0) is 4.79 Å². The van der Waals surface area contributed by atoms with Gasteiger partial charge in [0.05, 0.1) is 18.0 Å². The van der Waals surface area contributed by atoms with Crippen molar-refractivity contribution in [2.24, 2.45) is 0 Å². The smallest absolute Gasteiger partial charge is 0.136 e. The molecule has 58 valence electrons. The van der Waals surface area contributed by atoms with Gasteiger partial charge in [0, 0.05) is 0 Å². The van der Waals surface area contributed by atoms with Crippen molar-refractivity contribution in [3.63, 3.8) is 0 Å². The van der Waals surface area contributed by atoms with E-state index in [1.54, 1.807) is 11.8 Å². The second kappa shape index (κ2) is 3.95. The molecule has 2 atom stereocenters. The number of carbonyl (C=O) groups is 1. The van der Waals surface area contributed by atoms with Crippen LogP contribution in [0.1, 0.15) is 6.42 Å². The van der Waals surface area contributed by atoms with E-state index in [0.29, 0.717) is 0 Å². The van der Waals surface area contributed by atoms with Crippen LogP contribution in [0.4, 0.5) is 0 Å². The minimum Gasteiger partial charge on any atom is -0.394 e. The normalized spacial score (nSPS) is 33.7. The van der Waals surface area contributed by atoms with Gasteiger partial charge in [0.1, 0.15) is 6.29 Å². The lowest BCUT2D eigenvalue weighted by atomic mass is 10.2. The van der Waals surface area contributed by atoms with E-state index in [1.807, 2.05) is 0 Å². The number of aliphatic hydroxyl groups is 1. The number of aldehydes is 1. The Kier molecular flexibility index (Phi) is 3.18. The van der Waals surface area contributed by atoms with Crippen LogP contribution in [0.2, 0.25) is 0 Å². The third-order valence-corrected chi connectivity index (χ3v) is 2.64. The molecule has 10 heavy (non-hydrogen) atoms. The Hall–Kier alpha value is -0.0600. The summed E-state index contributed by atoms with van der Waals surface area (Å²) in [6.45, 7) is 0.106. The summed E-state index contributed by atoms with van der Waals surface area (Å²) in [7, 11) is 0. The summed E-state index contributed by atoms with van der Waals surface area (Å²) in [5, 5.41) is 11.8. The fourth-order valence-electron chi connectivity index (χ4n) is 0.920. The summed E-state index contributed by atoms with van der Waals surface area (Å²) in [5.41, 5.74) is 0. The molecular formula is C6H11NO2S. The Morgan fingerprint density at radius 3 is 3.20 bits per heavy atom. The minimum atomic E-state index is -0.0431. The van der Waals surface area contributed by atoms with E-state index < -0.39 is 0 Å². The van der Waals surface area contributed by atoms with Crippen LogP contribution in [0.15, 0.2) is 0 Å². The lowest BCUT2D eigenvalue weighted by Gasteiger charge is -2.25. The van der Waals surface area contributed by atoms with Gasteiger partial charge in [-0.1, -0.05) is 0 Å². The van der Waals surface area contributed by atoms with Crippen molar-refractivity contribution in [2.45, 2.75) is 17.8 Å². The first kappa shape index (κ1) is 8.04. The van der Waals surface area contributed by atoms with Crippen LogP contribution >= 0.6 is 11.8 Å². The molecule has 1 saturated heterocycles. The Bertz CT molecular complexity index is 120. The van der Waals surface area contributed by atoms with E-state index in [9.17, 15) is 4.79 Å². The van der Waals surface area contributed by atoms with Gasteiger partial charge in [-0.15, -0.1) is 11.8 Å². The Balaban J connectivity index is 2.31. The number of thioether (sulfide) groups is 1. The number of rotatable bonds is 2. The van der Waals surface area contributed by atoms with Crippen molar-refractivity contribution in [1.29, 1.82) is 0 Å². The zero-order valence-corrected chi connectivity index (χ0v) is 6.43. The van der Waals surface area contributed by atoms with E-state index in [-0.39, 0.29) is 18.0 Å². The zero-order valence-electron chi connectivity index (χ0n) is 5.62. The van der Waals surface area contributed by atoms with Gasteiger partial charge in [0.25, 0.3) is 0 Å². The second-order valence-electron chi connectivity index (χ2n) is 2.24. The number of hydrogen-bond donors (Lipinski definition) is 2. The third kappa shape index (κ3) is 1.97. The lowest BCUT2D eigenvalue weighted by Crippen LogP contribution is -2.43. The molecular weight excluding hydrogens is 150 g/mol. The van der Waals surface area contributed by atoms with Crippen molar-refractivity contribution in [3.05, 3.63) is 0 Å². The van der Waals surface area contributed by atoms with Gasteiger partial charge in [-0.3, -0.25) is 5.32 Å². The molecule has 0 spiro atoms. The largest absolute Gasteiger partial charge is 0.394 e. The van der Waals surface area contributed by atoms with E-state index in [2.05, 4.69) is 5.32 Å². The monoisotopic (exact) mass is 161 g/mol. The molecule has 1 fully saturated rings. The molecule has 0 aromatic rings. The highest BCUT2D eigenvalue weighted by molar-refractivity contribution is 7.99. The number of nitrogens with one attached hydrogen (secondary N) is 1. The van der Waals surface area contributed by atoms with Crippen molar-refractivity contribution < 1.29 is 9.90 Å². The third-order valence-electron chi connectivity index (χ3n) is 1.48.